The van der Waals surface area contributed by atoms with Crippen LogP contribution in [0.25, 0.3) is 0 Å². The van der Waals surface area contributed by atoms with Gasteiger partial charge in [0.25, 0.3) is 0 Å². The van der Waals surface area contributed by atoms with Crippen molar-refractivity contribution in [3.63, 3.8) is 0 Å². The van der Waals surface area contributed by atoms with Crippen molar-refractivity contribution >= 4 is 17.5 Å². The number of epoxide rings is 1. The van der Waals surface area contributed by atoms with Crippen LogP contribution in [0.15, 0.2) is 35.2 Å². The van der Waals surface area contributed by atoms with Crippen molar-refractivity contribution in [2.24, 2.45) is 0 Å². The average molecular weight is 322 g/mol. The molecule has 3 aliphatic rings. The Kier molecular flexibility index (Phi) is 2.89. The number of Topliss-reactive ketones (excluding diaryl/α,β-unsaturated/α-hetero) is 1. The Morgan fingerprint density at radius 1 is 1.27 bits per heavy atom. The van der Waals surface area contributed by atoms with E-state index in [1.807, 2.05) is 30.3 Å². The highest BCUT2D eigenvalue weighted by Gasteiger charge is 2.82. The maximum absolute atomic E-state index is 12.9. The van der Waals surface area contributed by atoms with Crippen molar-refractivity contribution in [1.29, 1.82) is 0 Å². The molecule has 2 bridgehead atoms. The maximum Gasteiger partial charge on any atom is 0.186 e. The lowest BCUT2D eigenvalue weighted by molar-refractivity contribution is -0.217. The van der Waals surface area contributed by atoms with E-state index in [9.17, 15) is 20.1 Å². The van der Waals surface area contributed by atoms with Crippen molar-refractivity contribution in [3.05, 3.63) is 30.3 Å². The fraction of sp³-hybridized carbons (Fsp3) is 0.562. The van der Waals surface area contributed by atoms with Crippen molar-refractivity contribution in [2.75, 3.05) is 0 Å². The summed E-state index contributed by atoms with van der Waals surface area (Å²) in [5.74, 6) is -0.326. The molecular weight excluding hydrogens is 304 g/mol. The minimum absolute atomic E-state index is 0.215. The van der Waals surface area contributed by atoms with Gasteiger partial charge in [-0.25, -0.2) is 0 Å². The van der Waals surface area contributed by atoms with E-state index in [1.54, 1.807) is 0 Å². The van der Waals surface area contributed by atoms with Crippen LogP contribution in [0.1, 0.15) is 19.8 Å². The normalized spacial score (nSPS) is 49.6. The molecule has 1 aliphatic heterocycles. The number of hydrogen-bond acceptors (Lipinski definition) is 6. The predicted molar refractivity (Wildman–Crippen MR) is 79.5 cm³/mol. The molecule has 1 heterocycles. The molecule has 5 nitrogen and oxygen atoms in total. The van der Waals surface area contributed by atoms with E-state index in [0.717, 1.165) is 16.7 Å². The van der Waals surface area contributed by atoms with Gasteiger partial charge in [0.15, 0.2) is 5.78 Å². The summed E-state index contributed by atoms with van der Waals surface area (Å²) in [7, 11) is 0. The van der Waals surface area contributed by atoms with E-state index in [0.29, 0.717) is 0 Å². The molecule has 0 radical (unpaired) electrons. The summed E-state index contributed by atoms with van der Waals surface area (Å²) in [5.41, 5.74) is -3.28. The molecule has 22 heavy (non-hydrogen) atoms. The van der Waals surface area contributed by atoms with E-state index in [2.05, 4.69) is 0 Å². The number of benzene rings is 1. The van der Waals surface area contributed by atoms with E-state index >= 15 is 0 Å². The first-order valence-corrected chi connectivity index (χ1v) is 8.23. The summed E-state index contributed by atoms with van der Waals surface area (Å²) in [4.78, 5) is 13.7. The molecule has 2 aliphatic carbocycles. The Morgan fingerprint density at radius 3 is 2.64 bits per heavy atom. The molecule has 0 spiro atoms. The van der Waals surface area contributed by atoms with Crippen LogP contribution in [0.3, 0.4) is 0 Å². The zero-order chi connectivity index (χ0) is 15.8. The number of hydrogen-bond donors (Lipinski definition) is 3. The summed E-state index contributed by atoms with van der Waals surface area (Å²) < 4.78 is 3.85. The molecule has 1 saturated heterocycles. The molecule has 0 aromatic heterocycles. The number of rotatable bonds is 2. The lowest BCUT2D eigenvalue weighted by Gasteiger charge is -2.58. The first kappa shape index (κ1) is 14.7. The molecule has 3 fully saturated rings. The predicted octanol–water partition coefficient (Wildman–Crippen LogP) is 0.504. The van der Waals surface area contributed by atoms with Gasteiger partial charge in [0, 0.05) is 4.90 Å². The minimum Gasteiger partial charge on any atom is -0.391 e. The SMILES string of the molecule is C[C@]1(O)[C@]2(O)CC[C@@H](O)[C@@]1(Sc1ccccc1)C(=O)[C@@H]1O[C@@H]12. The second kappa shape index (κ2) is 4.33. The highest BCUT2D eigenvalue weighted by atomic mass is 32.2. The Bertz CT molecular complexity index is 633. The zero-order valence-electron chi connectivity index (χ0n) is 12.1. The molecule has 0 amide bonds. The van der Waals surface area contributed by atoms with Gasteiger partial charge in [0.1, 0.15) is 28.2 Å². The summed E-state index contributed by atoms with van der Waals surface area (Å²) in [5, 5.41) is 32.7. The number of carbonyl (C=O) groups is 1. The van der Waals surface area contributed by atoms with Gasteiger partial charge < -0.3 is 20.1 Å². The standard InChI is InChI=1S/C16H18O5S/c1-14(19)15(20)8-7-10(17)16(14,12(18)11-13(15)21-11)22-9-5-3-2-4-6-9/h2-6,10-11,13,17,19-20H,7-8H2,1H3/t10-,11+,13+,14+,15+,16-/m1/s1. The van der Waals surface area contributed by atoms with E-state index in [-0.39, 0.29) is 18.6 Å². The monoisotopic (exact) mass is 322 g/mol. The van der Waals surface area contributed by atoms with Gasteiger partial charge in [-0.1, -0.05) is 18.2 Å². The first-order valence-electron chi connectivity index (χ1n) is 7.41. The Labute approximate surface area is 132 Å². The molecule has 118 valence electrons. The summed E-state index contributed by atoms with van der Waals surface area (Å²) in [6.45, 7) is 1.45. The van der Waals surface area contributed by atoms with Gasteiger partial charge >= 0.3 is 0 Å². The highest BCUT2D eigenvalue weighted by molar-refractivity contribution is 8.01. The quantitative estimate of drug-likeness (QED) is 0.687. The smallest absolute Gasteiger partial charge is 0.186 e. The van der Waals surface area contributed by atoms with Gasteiger partial charge in [0.2, 0.25) is 0 Å². The van der Waals surface area contributed by atoms with Gasteiger partial charge in [-0.05, 0) is 31.9 Å². The largest absolute Gasteiger partial charge is 0.391 e. The number of aliphatic hydroxyl groups is 3. The number of carbonyl (C=O) groups excluding carboxylic acids is 1. The first-order chi connectivity index (χ1) is 10.3. The Morgan fingerprint density at radius 2 is 1.95 bits per heavy atom. The van der Waals surface area contributed by atoms with Crippen LogP contribution in [0.5, 0.6) is 0 Å². The lowest BCUT2D eigenvalue weighted by Crippen LogP contribution is -2.79. The second-order valence-electron chi connectivity index (χ2n) is 6.54. The molecule has 2 saturated carbocycles. The number of thioether (sulfide) groups is 1. The van der Waals surface area contributed by atoms with Crippen molar-refractivity contribution in [1.82, 2.24) is 0 Å². The Hall–Kier alpha value is -0.920. The van der Waals surface area contributed by atoms with Crippen LogP contribution in [-0.4, -0.2) is 55.4 Å². The number of fused-ring (bicyclic) bond motifs is 4. The van der Waals surface area contributed by atoms with Gasteiger partial charge in [0.05, 0.1) is 6.10 Å². The van der Waals surface area contributed by atoms with Crippen molar-refractivity contribution in [2.45, 2.75) is 58.9 Å². The molecule has 3 N–H and O–H groups in total. The minimum atomic E-state index is -1.77. The molecule has 1 aromatic rings. The van der Waals surface area contributed by atoms with Gasteiger partial charge in [-0.3, -0.25) is 4.79 Å². The van der Waals surface area contributed by atoms with Gasteiger partial charge in [-0.15, -0.1) is 11.8 Å². The van der Waals surface area contributed by atoms with Crippen LogP contribution in [0, 0.1) is 0 Å². The van der Waals surface area contributed by atoms with Crippen LogP contribution in [0.2, 0.25) is 0 Å². The van der Waals surface area contributed by atoms with E-state index in [1.165, 1.54) is 6.92 Å². The molecular formula is C16H18O5S. The fourth-order valence-electron chi connectivity index (χ4n) is 4.05. The van der Waals surface area contributed by atoms with Crippen LogP contribution >= 0.6 is 11.8 Å². The average Bonchev–Trinajstić information content (AvgIpc) is 3.28. The van der Waals surface area contributed by atoms with Crippen molar-refractivity contribution in [3.8, 4) is 0 Å². The van der Waals surface area contributed by atoms with E-state index in [4.69, 9.17) is 4.74 Å². The van der Waals surface area contributed by atoms with Crippen molar-refractivity contribution < 1.29 is 24.9 Å². The number of ether oxygens (including phenoxy) is 1. The van der Waals surface area contributed by atoms with Gasteiger partial charge in [-0.2, -0.15) is 0 Å². The lowest BCUT2D eigenvalue weighted by atomic mass is 9.57. The molecule has 1 aromatic carbocycles. The summed E-state index contributed by atoms with van der Waals surface area (Å²) in [6.07, 6.45) is -1.95. The maximum atomic E-state index is 12.9. The third-order valence-corrected chi connectivity index (χ3v) is 7.14. The Balaban J connectivity index is 1.86. The van der Waals surface area contributed by atoms with Crippen LogP contribution in [-0.2, 0) is 9.53 Å². The third kappa shape index (κ3) is 1.52. The fourth-order valence-corrected chi connectivity index (χ4v) is 5.56. The third-order valence-electron chi connectivity index (χ3n) is 5.44. The van der Waals surface area contributed by atoms with E-state index < -0.39 is 34.3 Å². The second-order valence-corrected chi connectivity index (χ2v) is 7.86. The highest BCUT2D eigenvalue weighted by Crippen LogP contribution is 2.63. The molecule has 6 atom stereocenters. The summed E-state index contributed by atoms with van der Waals surface area (Å²) >= 11 is 1.13. The number of ketones is 1. The molecule has 4 rings (SSSR count). The molecule has 6 heteroatoms. The van der Waals surface area contributed by atoms with Crippen LogP contribution < -0.4 is 0 Å². The topological polar surface area (TPSA) is 90.3 Å². The molecule has 0 unspecified atom stereocenters. The summed E-state index contributed by atoms with van der Waals surface area (Å²) in [6, 6.07) is 9.17. The zero-order valence-corrected chi connectivity index (χ0v) is 12.9. The van der Waals surface area contributed by atoms with Crippen LogP contribution in [0.4, 0.5) is 0 Å². The number of aliphatic hydroxyl groups excluding tert-OH is 1.